The summed E-state index contributed by atoms with van der Waals surface area (Å²) < 4.78 is 28.2. The Hall–Kier alpha value is -3.28. The van der Waals surface area contributed by atoms with E-state index in [0.717, 1.165) is 17.5 Å². The van der Waals surface area contributed by atoms with E-state index in [4.69, 9.17) is 0 Å². The maximum atomic E-state index is 13.6. The zero-order chi connectivity index (χ0) is 20.5. The van der Waals surface area contributed by atoms with Crippen LogP contribution in [0.5, 0.6) is 0 Å². The fraction of sp³-hybridized carbons (Fsp3) is 0.217. The van der Waals surface area contributed by atoms with Crippen LogP contribution in [-0.2, 0) is 13.0 Å². The number of hydrogen-bond donors (Lipinski definition) is 0. The predicted molar refractivity (Wildman–Crippen MR) is 107 cm³/mol. The molecular formula is C23H20F2N2O2. The van der Waals surface area contributed by atoms with Crippen molar-refractivity contribution >= 4 is 11.6 Å². The molecule has 0 fully saturated rings. The second-order valence-electron chi connectivity index (χ2n) is 7.35. The van der Waals surface area contributed by atoms with E-state index in [2.05, 4.69) is 0 Å². The maximum absolute atomic E-state index is 13.6. The molecule has 4 nitrogen and oxygen atoms in total. The predicted octanol–water partition coefficient (Wildman–Crippen LogP) is 4.16. The van der Waals surface area contributed by atoms with Gasteiger partial charge in [-0.2, -0.15) is 0 Å². The van der Waals surface area contributed by atoms with E-state index in [1.54, 1.807) is 23.1 Å². The van der Waals surface area contributed by atoms with Crippen molar-refractivity contribution in [2.75, 3.05) is 4.90 Å². The van der Waals surface area contributed by atoms with Crippen LogP contribution >= 0.6 is 0 Å². The third-order valence-corrected chi connectivity index (χ3v) is 5.29. The zero-order valence-corrected chi connectivity index (χ0v) is 15.9. The highest BCUT2D eigenvalue weighted by Crippen LogP contribution is 2.32. The Bertz CT molecular complexity index is 1120. The van der Waals surface area contributed by atoms with Gasteiger partial charge in [-0.05, 0) is 67.3 Å². The smallest absolute Gasteiger partial charge is 0.260 e. The maximum Gasteiger partial charge on any atom is 0.260 e. The Balaban J connectivity index is 1.67. The van der Waals surface area contributed by atoms with Gasteiger partial charge in [-0.25, -0.2) is 8.78 Å². The van der Waals surface area contributed by atoms with Crippen molar-refractivity contribution in [3.8, 4) is 0 Å². The summed E-state index contributed by atoms with van der Waals surface area (Å²) in [7, 11) is 0. The fourth-order valence-corrected chi connectivity index (χ4v) is 3.74. The standard InChI is InChI=1S/C23H20F2N2O2/c1-15-2-5-17-12-20(25)9-10-21(17)27(15)23(29)18-6-11-22(28)26(14-18)13-16-3-7-19(24)8-4-16/h3-4,6-12,14-15H,2,5,13H2,1H3/t15-/m1/s1. The third kappa shape index (κ3) is 3.83. The Kier molecular flexibility index (Phi) is 5.01. The van der Waals surface area contributed by atoms with Gasteiger partial charge in [-0.3, -0.25) is 9.59 Å². The van der Waals surface area contributed by atoms with Crippen LogP contribution in [0.2, 0.25) is 0 Å². The molecule has 0 radical (unpaired) electrons. The molecule has 148 valence electrons. The topological polar surface area (TPSA) is 42.3 Å². The summed E-state index contributed by atoms with van der Waals surface area (Å²) in [6, 6.07) is 13.2. The number of amides is 1. The van der Waals surface area contributed by atoms with Crippen LogP contribution in [0.1, 0.15) is 34.8 Å². The second kappa shape index (κ2) is 7.62. The van der Waals surface area contributed by atoms with E-state index < -0.39 is 0 Å². The average molecular weight is 394 g/mol. The number of benzene rings is 2. The molecule has 3 aromatic rings. The van der Waals surface area contributed by atoms with Crippen LogP contribution in [0.3, 0.4) is 0 Å². The van der Waals surface area contributed by atoms with Crippen molar-refractivity contribution in [2.24, 2.45) is 0 Å². The molecule has 1 aliphatic rings. The number of rotatable bonds is 3. The van der Waals surface area contributed by atoms with Crippen molar-refractivity contribution in [3.63, 3.8) is 0 Å². The van der Waals surface area contributed by atoms with Crippen molar-refractivity contribution in [3.05, 3.63) is 99.5 Å². The van der Waals surface area contributed by atoms with E-state index in [1.807, 2.05) is 6.92 Å². The van der Waals surface area contributed by atoms with Gasteiger partial charge in [-0.1, -0.05) is 12.1 Å². The summed E-state index contributed by atoms with van der Waals surface area (Å²) in [5.41, 5.74) is 2.38. The average Bonchev–Trinajstić information content (AvgIpc) is 2.71. The Morgan fingerprint density at radius 3 is 2.52 bits per heavy atom. The molecule has 0 bridgehead atoms. The van der Waals surface area contributed by atoms with Crippen LogP contribution in [0.15, 0.2) is 65.6 Å². The number of aromatic nitrogens is 1. The molecule has 29 heavy (non-hydrogen) atoms. The first kappa shape index (κ1) is 19.1. The first-order chi connectivity index (χ1) is 13.9. The molecule has 1 atom stereocenters. The SMILES string of the molecule is C[C@@H]1CCc2cc(F)ccc2N1C(=O)c1ccc(=O)n(Cc2ccc(F)cc2)c1. The van der Waals surface area contributed by atoms with Gasteiger partial charge in [0, 0.05) is 24.0 Å². The van der Waals surface area contributed by atoms with E-state index in [9.17, 15) is 18.4 Å². The number of aryl methyl sites for hydroxylation is 1. The molecule has 0 aliphatic carbocycles. The fourth-order valence-electron chi connectivity index (χ4n) is 3.74. The number of halogens is 2. The number of fused-ring (bicyclic) bond motifs is 1. The molecule has 2 heterocycles. The number of carbonyl (C=O) groups is 1. The van der Waals surface area contributed by atoms with Gasteiger partial charge in [0.2, 0.25) is 0 Å². The van der Waals surface area contributed by atoms with Gasteiger partial charge >= 0.3 is 0 Å². The number of anilines is 1. The quantitative estimate of drug-likeness (QED) is 0.670. The van der Waals surface area contributed by atoms with Crippen molar-refractivity contribution in [1.82, 2.24) is 4.57 Å². The molecule has 0 unspecified atom stereocenters. The van der Waals surface area contributed by atoms with Crippen LogP contribution < -0.4 is 10.5 Å². The normalized spacial score (nSPS) is 15.8. The Morgan fingerprint density at radius 1 is 1.03 bits per heavy atom. The summed E-state index contributed by atoms with van der Waals surface area (Å²) in [5, 5.41) is 0. The first-order valence-corrected chi connectivity index (χ1v) is 9.49. The van der Waals surface area contributed by atoms with Gasteiger partial charge in [0.15, 0.2) is 0 Å². The summed E-state index contributed by atoms with van der Waals surface area (Å²) >= 11 is 0. The van der Waals surface area contributed by atoms with Gasteiger partial charge in [0.25, 0.3) is 11.5 Å². The van der Waals surface area contributed by atoms with Crippen molar-refractivity contribution in [1.29, 1.82) is 0 Å². The van der Waals surface area contributed by atoms with Crippen LogP contribution in [0.25, 0.3) is 0 Å². The summed E-state index contributed by atoms with van der Waals surface area (Å²) in [4.78, 5) is 27.2. The number of pyridine rings is 1. The summed E-state index contributed by atoms with van der Waals surface area (Å²) in [5.74, 6) is -0.907. The minimum absolute atomic E-state index is 0.0436. The minimum Gasteiger partial charge on any atom is -0.310 e. The number of carbonyl (C=O) groups excluding carboxylic acids is 1. The highest BCUT2D eigenvalue weighted by atomic mass is 19.1. The van der Waals surface area contributed by atoms with E-state index >= 15 is 0 Å². The van der Waals surface area contributed by atoms with Crippen LogP contribution in [0, 0.1) is 11.6 Å². The lowest BCUT2D eigenvalue weighted by Gasteiger charge is -2.35. The van der Waals surface area contributed by atoms with E-state index in [-0.39, 0.29) is 35.7 Å². The lowest BCUT2D eigenvalue weighted by Crippen LogP contribution is -2.42. The van der Waals surface area contributed by atoms with Crippen molar-refractivity contribution < 1.29 is 13.6 Å². The highest BCUT2D eigenvalue weighted by molar-refractivity contribution is 6.07. The second-order valence-corrected chi connectivity index (χ2v) is 7.35. The molecule has 0 saturated heterocycles. The monoisotopic (exact) mass is 394 g/mol. The summed E-state index contributed by atoms with van der Waals surface area (Å²) in [6.07, 6.45) is 2.97. The molecular weight excluding hydrogens is 374 g/mol. The lowest BCUT2D eigenvalue weighted by atomic mass is 9.95. The Labute approximate surface area is 167 Å². The van der Waals surface area contributed by atoms with Gasteiger partial charge in [0.05, 0.1) is 12.1 Å². The molecule has 0 spiro atoms. The molecule has 0 N–H and O–H groups in total. The zero-order valence-electron chi connectivity index (χ0n) is 15.9. The third-order valence-electron chi connectivity index (χ3n) is 5.29. The van der Waals surface area contributed by atoms with Gasteiger partial charge < -0.3 is 9.47 Å². The van der Waals surface area contributed by atoms with Gasteiger partial charge in [-0.15, -0.1) is 0 Å². The highest BCUT2D eigenvalue weighted by Gasteiger charge is 2.29. The molecule has 6 heteroatoms. The minimum atomic E-state index is -0.348. The summed E-state index contributed by atoms with van der Waals surface area (Å²) in [6.45, 7) is 2.19. The van der Waals surface area contributed by atoms with Crippen LogP contribution in [-0.4, -0.2) is 16.5 Å². The van der Waals surface area contributed by atoms with E-state index in [1.165, 1.54) is 47.2 Å². The van der Waals surface area contributed by atoms with Crippen LogP contribution in [0.4, 0.5) is 14.5 Å². The molecule has 1 aromatic heterocycles. The molecule has 2 aromatic carbocycles. The van der Waals surface area contributed by atoms with Gasteiger partial charge in [0.1, 0.15) is 11.6 Å². The van der Waals surface area contributed by atoms with Crippen molar-refractivity contribution in [2.45, 2.75) is 32.4 Å². The molecule has 1 amide bonds. The lowest BCUT2D eigenvalue weighted by molar-refractivity contribution is 0.0974. The molecule has 4 rings (SSSR count). The largest absolute Gasteiger partial charge is 0.310 e. The number of hydrogen-bond acceptors (Lipinski definition) is 2. The van der Waals surface area contributed by atoms with E-state index in [0.29, 0.717) is 17.7 Å². The first-order valence-electron chi connectivity index (χ1n) is 9.49. The Morgan fingerprint density at radius 2 is 1.76 bits per heavy atom. The molecule has 0 saturated carbocycles. The number of nitrogens with zero attached hydrogens (tertiary/aromatic N) is 2. The molecule has 1 aliphatic heterocycles.